The van der Waals surface area contributed by atoms with Gasteiger partial charge in [0.25, 0.3) is 0 Å². The third kappa shape index (κ3) is 7.53. The van der Waals surface area contributed by atoms with E-state index >= 15 is 0 Å². The molecule has 2 N–H and O–H groups in total. The predicted octanol–water partition coefficient (Wildman–Crippen LogP) is 2.17. The fourth-order valence-corrected chi connectivity index (χ4v) is 2.78. The standard InChI is InChI=1S/C17H22F2N2O4.ClH/c18-17(19)25-14-3-1-12(2-4-14)5-8-20-15(22)11-21-9-6-13(7-10-21)16(23)24;/h1-4,13,17H,5-11H2,(H,20,22)(H,23,24);1H. The number of aliphatic carboxylic acids is 1. The van der Waals surface area contributed by atoms with Crippen LogP contribution >= 0.6 is 12.4 Å². The Hall–Kier alpha value is -1.93. The molecular formula is C17H23ClF2N2O4. The highest BCUT2D eigenvalue weighted by Crippen LogP contribution is 2.17. The van der Waals surface area contributed by atoms with E-state index in [0.717, 1.165) is 5.56 Å². The van der Waals surface area contributed by atoms with Crippen LogP contribution in [0.15, 0.2) is 24.3 Å². The van der Waals surface area contributed by atoms with Crippen LogP contribution in [0.5, 0.6) is 5.75 Å². The topological polar surface area (TPSA) is 78.9 Å². The summed E-state index contributed by atoms with van der Waals surface area (Å²) in [7, 11) is 0. The number of nitrogens with zero attached hydrogens (tertiary/aromatic N) is 1. The molecule has 1 aromatic rings. The summed E-state index contributed by atoms with van der Waals surface area (Å²) >= 11 is 0. The second kappa shape index (κ2) is 10.9. The van der Waals surface area contributed by atoms with E-state index in [9.17, 15) is 18.4 Å². The van der Waals surface area contributed by atoms with Crippen LogP contribution < -0.4 is 10.1 Å². The second-order valence-electron chi connectivity index (χ2n) is 6.01. The average Bonchev–Trinajstić information content (AvgIpc) is 2.56. The van der Waals surface area contributed by atoms with E-state index < -0.39 is 12.6 Å². The lowest BCUT2D eigenvalue weighted by Crippen LogP contribution is -2.43. The van der Waals surface area contributed by atoms with Crippen molar-refractivity contribution in [2.45, 2.75) is 25.9 Å². The van der Waals surface area contributed by atoms with Gasteiger partial charge in [-0.05, 0) is 50.0 Å². The number of hydrogen-bond acceptors (Lipinski definition) is 4. The first kappa shape index (κ1) is 22.1. The van der Waals surface area contributed by atoms with Gasteiger partial charge in [-0.1, -0.05) is 12.1 Å². The summed E-state index contributed by atoms with van der Waals surface area (Å²) in [5.41, 5.74) is 0.907. The van der Waals surface area contributed by atoms with Gasteiger partial charge in [0.1, 0.15) is 5.75 Å². The molecule has 1 aromatic carbocycles. The van der Waals surface area contributed by atoms with Crippen LogP contribution in [0.1, 0.15) is 18.4 Å². The average molecular weight is 393 g/mol. The number of carboxylic acid groups (broad SMARTS) is 1. The van der Waals surface area contributed by atoms with Crippen molar-refractivity contribution in [2.24, 2.45) is 5.92 Å². The molecule has 6 nitrogen and oxygen atoms in total. The highest BCUT2D eigenvalue weighted by atomic mass is 35.5. The molecule has 1 fully saturated rings. The molecule has 1 aliphatic rings. The first-order chi connectivity index (χ1) is 11.9. The number of benzene rings is 1. The Labute approximate surface area is 156 Å². The summed E-state index contributed by atoms with van der Waals surface area (Å²) in [5, 5.41) is 11.8. The number of carboxylic acids is 1. The molecule has 9 heteroatoms. The molecule has 26 heavy (non-hydrogen) atoms. The highest BCUT2D eigenvalue weighted by molar-refractivity contribution is 5.85. The number of rotatable bonds is 8. The van der Waals surface area contributed by atoms with E-state index in [1.165, 1.54) is 12.1 Å². The van der Waals surface area contributed by atoms with E-state index in [0.29, 0.717) is 38.9 Å². The maximum atomic E-state index is 12.1. The lowest BCUT2D eigenvalue weighted by molar-refractivity contribution is -0.143. The Bertz CT molecular complexity index is 579. The number of hydrogen-bond donors (Lipinski definition) is 2. The zero-order valence-electron chi connectivity index (χ0n) is 14.2. The van der Waals surface area contributed by atoms with Gasteiger partial charge in [0.15, 0.2) is 0 Å². The zero-order valence-corrected chi connectivity index (χ0v) is 15.0. The monoisotopic (exact) mass is 392 g/mol. The minimum Gasteiger partial charge on any atom is -0.481 e. The number of amides is 1. The van der Waals surface area contributed by atoms with E-state index in [2.05, 4.69) is 10.1 Å². The van der Waals surface area contributed by atoms with E-state index in [-0.39, 0.29) is 36.5 Å². The fraction of sp³-hybridized carbons (Fsp3) is 0.529. The Kier molecular flexibility index (Phi) is 9.29. The molecule has 0 aromatic heterocycles. The van der Waals surface area contributed by atoms with Crippen LogP contribution in [0, 0.1) is 5.92 Å². The van der Waals surface area contributed by atoms with Crippen LogP contribution in [0.2, 0.25) is 0 Å². The maximum absolute atomic E-state index is 12.1. The molecule has 0 spiro atoms. The molecule has 1 heterocycles. The van der Waals surface area contributed by atoms with Crippen molar-refractivity contribution < 1.29 is 28.2 Å². The van der Waals surface area contributed by atoms with Crippen LogP contribution in [0.4, 0.5) is 8.78 Å². The van der Waals surface area contributed by atoms with Crippen LogP contribution in [0.25, 0.3) is 0 Å². The largest absolute Gasteiger partial charge is 0.481 e. The molecule has 1 aliphatic heterocycles. The SMILES string of the molecule is Cl.O=C(CN1CCC(C(=O)O)CC1)NCCc1ccc(OC(F)F)cc1. The number of alkyl halides is 2. The number of piperidine rings is 1. The summed E-state index contributed by atoms with van der Waals surface area (Å²) in [6.45, 7) is -0.926. The number of likely N-dealkylation sites (tertiary alicyclic amines) is 1. The number of carbonyl (C=O) groups excluding carboxylic acids is 1. The van der Waals surface area contributed by atoms with Gasteiger partial charge in [-0.2, -0.15) is 8.78 Å². The minimum absolute atomic E-state index is 0. The smallest absolute Gasteiger partial charge is 0.387 e. The van der Waals surface area contributed by atoms with Crippen molar-refractivity contribution in [3.8, 4) is 5.75 Å². The summed E-state index contributed by atoms with van der Waals surface area (Å²) in [4.78, 5) is 24.8. The lowest BCUT2D eigenvalue weighted by Gasteiger charge is -2.29. The predicted molar refractivity (Wildman–Crippen MR) is 93.8 cm³/mol. The molecule has 0 radical (unpaired) electrons. The quantitative estimate of drug-likeness (QED) is 0.708. The summed E-state index contributed by atoms with van der Waals surface area (Å²) < 4.78 is 28.4. The van der Waals surface area contributed by atoms with Gasteiger partial charge in [0.05, 0.1) is 12.5 Å². The molecule has 0 bridgehead atoms. The molecule has 1 saturated heterocycles. The summed E-state index contributed by atoms with van der Waals surface area (Å²) in [6.07, 6.45) is 1.72. The third-order valence-electron chi connectivity index (χ3n) is 4.19. The Morgan fingerprint density at radius 2 is 1.85 bits per heavy atom. The molecule has 146 valence electrons. The van der Waals surface area contributed by atoms with Gasteiger partial charge in [-0.15, -0.1) is 12.4 Å². The van der Waals surface area contributed by atoms with Crippen molar-refractivity contribution in [3.05, 3.63) is 29.8 Å². The van der Waals surface area contributed by atoms with Crippen LogP contribution in [-0.2, 0) is 16.0 Å². The van der Waals surface area contributed by atoms with E-state index in [4.69, 9.17) is 5.11 Å². The van der Waals surface area contributed by atoms with Crippen molar-refractivity contribution in [3.63, 3.8) is 0 Å². The molecular weight excluding hydrogens is 370 g/mol. The number of ether oxygens (including phenoxy) is 1. The molecule has 0 saturated carbocycles. The molecule has 1 amide bonds. The first-order valence-electron chi connectivity index (χ1n) is 8.19. The van der Waals surface area contributed by atoms with Gasteiger partial charge in [-0.3, -0.25) is 14.5 Å². The molecule has 0 atom stereocenters. The van der Waals surface area contributed by atoms with Gasteiger partial charge in [0.2, 0.25) is 5.91 Å². The van der Waals surface area contributed by atoms with Gasteiger partial charge < -0.3 is 15.2 Å². The molecule has 0 aliphatic carbocycles. The number of nitrogens with one attached hydrogen (secondary N) is 1. The van der Waals surface area contributed by atoms with E-state index in [1.807, 2.05) is 4.90 Å². The minimum atomic E-state index is -2.84. The Morgan fingerprint density at radius 3 is 2.38 bits per heavy atom. The van der Waals surface area contributed by atoms with Crippen molar-refractivity contribution in [1.29, 1.82) is 0 Å². The fourth-order valence-electron chi connectivity index (χ4n) is 2.78. The molecule has 2 rings (SSSR count). The van der Waals surface area contributed by atoms with Gasteiger partial charge in [-0.25, -0.2) is 0 Å². The normalized spacial score (nSPS) is 15.3. The zero-order chi connectivity index (χ0) is 18.2. The van der Waals surface area contributed by atoms with E-state index in [1.54, 1.807) is 12.1 Å². The first-order valence-corrected chi connectivity index (χ1v) is 8.19. The number of carbonyl (C=O) groups is 2. The summed E-state index contributed by atoms with van der Waals surface area (Å²) in [5.74, 6) is -1.08. The Balaban J connectivity index is 0.00000338. The lowest BCUT2D eigenvalue weighted by atomic mass is 9.97. The highest BCUT2D eigenvalue weighted by Gasteiger charge is 2.25. The van der Waals surface area contributed by atoms with Crippen molar-refractivity contribution in [1.82, 2.24) is 10.2 Å². The van der Waals surface area contributed by atoms with Crippen LogP contribution in [-0.4, -0.2) is 54.7 Å². The second-order valence-corrected chi connectivity index (χ2v) is 6.01. The van der Waals surface area contributed by atoms with Gasteiger partial charge >= 0.3 is 12.6 Å². The van der Waals surface area contributed by atoms with Crippen molar-refractivity contribution in [2.75, 3.05) is 26.2 Å². The van der Waals surface area contributed by atoms with Crippen LogP contribution in [0.3, 0.4) is 0 Å². The van der Waals surface area contributed by atoms with Gasteiger partial charge in [0, 0.05) is 6.54 Å². The summed E-state index contributed by atoms with van der Waals surface area (Å²) in [6, 6.07) is 6.30. The van der Waals surface area contributed by atoms with Crippen molar-refractivity contribution >= 4 is 24.3 Å². The molecule has 0 unspecified atom stereocenters. The number of halogens is 3. The third-order valence-corrected chi connectivity index (χ3v) is 4.19. The maximum Gasteiger partial charge on any atom is 0.387 e. The Morgan fingerprint density at radius 1 is 1.23 bits per heavy atom.